The lowest BCUT2D eigenvalue weighted by molar-refractivity contribution is -0.385. The van der Waals surface area contributed by atoms with Gasteiger partial charge in [0.15, 0.2) is 0 Å². The number of nitrogens with one attached hydrogen (secondary N) is 1. The largest absolute Gasteiger partial charge is 0.383 e. The molecule has 0 saturated carbocycles. The molecule has 0 aliphatic heterocycles. The van der Waals surface area contributed by atoms with E-state index in [4.69, 9.17) is 4.74 Å². The summed E-state index contributed by atoms with van der Waals surface area (Å²) in [6, 6.07) is 1.67. The number of aromatic nitrogens is 1. The van der Waals surface area contributed by atoms with E-state index >= 15 is 0 Å². The number of methoxy groups -OCH3 is 1. The molecule has 94 valence electrons. The zero-order valence-corrected chi connectivity index (χ0v) is 10.3. The smallest absolute Gasteiger partial charge is 0.287 e. The number of aryl methyl sites for hydroxylation is 1. The highest BCUT2D eigenvalue weighted by Crippen LogP contribution is 2.18. The van der Waals surface area contributed by atoms with Gasteiger partial charge in [-0.25, -0.2) is 4.98 Å². The Morgan fingerprint density at radius 1 is 1.65 bits per heavy atom. The van der Waals surface area contributed by atoms with Crippen molar-refractivity contribution >= 4 is 11.5 Å². The predicted octanol–water partition coefficient (Wildman–Crippen LogP) is 2.14. The first-order valence-corrected chi connectivity index (χ1v) is 5.45. The van der Waals surface area contributed by atoms with E-state index in [0.29, 0.717) is 12.4 Å². The van der Waals surface area contributed by atoms with Gasteiger partial charge in [-0.3, -0.25) is 10.1 Å². The second-order valence-electron chi connectivity index (χ2n) is 3.82. The van der Waals surface area contributed by atoms with Crippen molar-refractivity contribution in [2.75, 3.05) is 19.0 Å². The minimum atomic E-state index is -0.448. The van der Waals surface area contributed by atoms with Gasteiger partial charge < -0.3 is 10.1 Å². The first-order chi connectivity index (χ1) is 8.08. The van der Waals surface area contributed by atoms with Crippen LogP contribution in [0.5, 0.6) is 0 Å². The fourth-order valence-electron chi connectivity index (χ4n) is 1.47. The summed E-state index contributed by atoms with van der Waals surface area (Å²) >= 11 is 0. The monoisotopic (exact) mass is 239 g/mol. The van der Waals surface area contributed by atoms with Crippen molar-refractivity contribution in [1.82, 2.24) is 4.98 Å². The Morgan fingerprint density at radius 2 is 2.35 bits per heavy atom. The highest BCUT2D eigenvalue weighted by molar-refractivity contribution is 5.48. The average Bonchev–Trinajstić information content (AvgIpc) is 2.30. The maximum atomic E-state index is 10.6. The fourth-order valence-corrected chi connectivity index (χ4v) is 1.47. The van der Waals surface area contributed by atoms with Gasteiger partial charge >= 0.3 is 0 Å². The van der Waals surface area contributed by atoms with Gasteiger partial charge in [0.05, 0.1) is 17.6 Å². The lowest BCUT2D eigenvalue weighted by Gasteiger charge is -2.17. The standard InChI is InChI=1S/C11H17N3O3/c1-4-9(7-17-3)13-11-8(2)5-10(6-12-11)14(15)16/h5-6,9H,4,7H2,1-3H3,(H,12,13). The van der Waals surface area contributed by atoms with Crippen LogP contribution in [0.3, 0.4) is 0 Å². The first kappa shape index (κ1) is 13.4. The van der Waals surface area contributed by atoms with Crippen LogP contribution >= 0.6 is 0 Å². The molecule has 1 unspecified atom stereocenters. The van der Waals surface area contributed by atoms with Crippen LogP contribution in [0.15, 0.2) is 12.3 Å². The minimum Gasteiger partial charge on any atom is -0.383 e. The molecule has 1 rings (SSSR count). The maximum absolute atomic E-state index is 10.6. The molecular weight excluding hydrogens is 222 g/mol. The van der Waals surface area contributed by atoms with Crippen molar-refractivity contribution in [1.29, 1.82) is 0 Å². The molecule has 1 atom stereocenters. The molecule has 6 heteroatoms. The minimum absolute atomic E-state index is 0.00726. The number of hydrogen-bond donors (Lipinski definition) is 1. The van der Waals surface area contributed by atoms with Gasteiger partial charge in [0, 0.05) is 13.2 Å². The van der Waals surface area contributed by atoms with E-state index in [0.717, 1.165) is 12.0 Å². The number of nitrogens with zero attached hydrogens (tertiary/aromatic N) is 2. The Bertz CT molecular complexity index is 396. The zero-order chi connectivity index (χ0) is 12.8. The van der Waals surface area contributed by atoms with Crippen LogP contribution in [-0.2, 0) is 4.74 Å². The molecule has 0 saturated heterocycles. The van der Waals surface area contributed by atoms with Crippen molar-refractivity contribution in [2.24, 2.45) is 0 Å². The summed E-state index contributed by atoms with van der Waals surface area (Å²) in [5, 5.41) is 13.8. The Labute approximate surface area is 100 Å². The van der Waals surface area contributed by atoms with E-state index in [2.05, 4.69) is 10.3 Å². The zero-order valence-electron chi connectivity index (χ0n) is 10.3. The van der Waals surface area contributed by atoms with Crippen LogP contribution in [0.25, 0.3) is 0 Å². The summed E-state index contributed by atoms with van der Waals surface area (Å²) < 4.78 is 5.07. The normalized spacial score (nSPS) is 12.2. The van der Waals surface area contributed by atoms with E-state index in [1.54, 1.807) is 14.0 Å². The summed E-state index contributed by atoms with van der Waals surface area (Å²) in [7, 11) is 1.64. The van der Waals surface area contributed by atoms with Crippen molar-refractivity contribution in [3.63, 3.8) is 0 Å². The number of rotatable bonds is 6. The third kappa shape index (κ3) is 3.67. The number of ether oxygens (including phenoxy) is 1. The maximum Gasteiger partial charge on any atom is 0.287 e. The van der Waals surface area contributed by atoms with Crippen LogP contribution in [0, 0.1) is 17.0 Å². The molecule has 1 aromatic heterocycles. The van der Waals surface area contributed by atoms with Crippen LogP contribution in [0.1, 0.15) is 18.9 Å². The molecule has 1 heterocycles. The Kier molecular flexibility index (Phi) is 4.84. The van der Waals surface area contributed by atoms with Crippen molar-refractivity contribution < 1.29 is 9.66 Å². The van der Waals surface area contributed by atoms with Gasteiger partial charge in [-0.2, -0.15) is 0 Å². The van der Waals surface area contributed by atoms with E-state index in [1.807, 2.05) is 6.92 Å². The van der Waals surface area contributed by atoms with Gasteiger partial charge in [0.25, 0.3) is 5.69 Å². The quantitative estimate of drug-likeness (QED) is 0.607. The van der Waals surface area contributed by atoms with E-state index in [-0.39, 0.29) is 11.7 Å². The molecule has 0 aliphatic carbocycles. The number of pyridine rings is 1. The highest BCUT2D eigenvalue weighted by atomic mass is 16.6. The molecule has 0 bridgehead atoms. The molecule has 0 fully saturated rings. The van der Waals surface area contributed by atoms with Crippen LogP contribution in [-0.4, -0.2) is 29.7 Å². The first-order valence-electron chi connectivity index (χ1n) is 5.45. The summed E-state index contributed by atoms with van der Waals surface area (Å²) in [6.07, 6.45) is 2.15. The second kappa shape index (κ2) is 6.15. The van der Waals surface area contributed by atoms with Crippen LogP contribution in [0.4, 0.5) is 11.5 Å². The Balaban J connectivity index is 2.81. The van der Waals surface area contributed by atoms with Crippen LogP contribution in [0.2, 0.25) is 0 Å². The molecule has 17 heavy (non-hydrogen) atoms. The Hall–Kier alpha value is -1.69. The molecule has 1 N–H and O–H groups in total. The van der Waals surface area contributed by atoms with Crippen molar-refractivity contribution in [2.45, 2.75) is 26.3 Å². The van der Waals surface area contributed by atoms with Crippen LogP contribution < -0.4 is 5.32 Å². The van der Waals surface area contributed by atoms with Crippen molar-refractivity contribution in [3.8, 4) is 0 Å². The molecule has 0 amide bonds. The fraction of sp³-hybridized carbons (Fsp3) is 0.545. The Morgan fingerprint density at radius 3 is 2.82 bits per heavy atom. The van der Waals surface area contributed by atoms with Gasteiger partial charge in [-0.05, 0) is 18.9 Å². The van der Waals surface area contributed by atoms with Gasteiger partial charge in [0.2, 0.25) is 0 Å². The van der Waals surface area contributed by atoms with E-state index in [9.17, 15) is 10.1 Å². The highest BCUT2D eigenvalue weighted by Gasteiger charge is 2.12. The molecule has 1 aromatic rings. The third-order valence-corrected chi connectivity index (χ3v) is 2.48. The lowest BCUT2D eigenvalue weighted by Crippen LogP contribution is -2.24. The molecule has 6 nitrogen and oxygen atoms in total. The summed E-state index contributed by atoms with van der Waals surface area (Å²) in [4.78, 5) is 14.2. The molecule has 0 aromatic carbocycles. The molecular formula is C11H17N3O3. The number of nitro groups is 1. The molecule has 0 radical (unpaired) electrons. The summed E-state index contributed by atoms with van der Waals surface area (Å²) in [6.45, 7) is 4.41. The van der Waals surface area contributed by atoms with E-state index < -0.39 is 4.92 Å². The molecule has 0 spiro atoms. The third-order valence-electron chi connectivity index (χ3n) is 2.48. The number of anilines is 1. The lowest BCUT2D eigenvalue weighted by atomic mass is 10.2. The van der Waals surface area contributed by atoms with Gasteiger partial charge in [-0.1, -0.05) is 6.92 Å². The SMILES string of the molecule is CCC(COC)Nc1ncc([N+](=O)[O-])cc1C. The van der Waals surface area contributed by atoms with Gasteiger partial charge in [0.1, 0.15) is 12.0 Å². The van der Waals surface area contributed by atoms with Crippen molar-refractivity contribution in [3.05, 3.63) is 27.9 Å². The summed E-state index contributed by atoms with van der Waals surface area (Å²) in [5.74, 6) is 0.666. The average molecular weight is 239 g/mol. The summed E-state index contributed by atoms with van der Waals surface area (Å²) in [5.41, 5.74) is 0.765. The van der Waals surface area contributed by atoms with E-state index in [1.165, 1.54) is 12.3 Å². The predicted molar refractivity (Wildman–Crippen MR) is 65.2 cm³/mol. The topological polar surface area (TPSA) is 77.3 Å². The number of hydrogen-bond acceptors (Lipinski definition) is 5. The second-order valence-corrected chi connectivity index (χ2v) is 3.82. The van der Waals surface area contributed by atoms with Gasteiger partial charge in [-0.15, -0.1) is 0 Å². The molecule has 0 aliphatic rings.